The first-order valence-electron chi connectivity index (χ1n) is 6.91. The Hall–Kier alpha value is -3.16. The minimum Gasteiger partial charge on any atom is -0.477 e. The summed E-state index contributed by atoms with van der Waals surface area (Å²) < 4.78 is 2.31. The molecule has 8 nitrogen and oxygen atoms in total. The van der Waals surface area contributed by atoms with Crippen molar-refractivity contribution in [3.8, 4) is 0 Å². The lowest BCUT2D eigenvalue weighted by molar-refractivity contribution is -0.129. The van der Waals surface area contributed by atoms with E-state index >= 15 is 0 Å². The molecule has 2 heterocycles. The lowest BCUT2D eigenvalue weighted by Gasteiger charge is -2.19. The predicted octanol–water partition coefficient (Wildman–Crippen LogP) is 0.178. The maximum atomic E-state index is 12.6. The second-order valence-electron chi connectivity index (χ2n) is 5.13. The van der Waals surface area contributed by atoms with Crippen LogP contribution in [-0.4, -0.2) is 32.5 Å². The van der Waals surface area contributed by atoms with Gasteiger partial charge in [0.15, 0.2) is 5.69 Å². The summed E-state index contributed by atoms with van der Waals surface area (Å²) in [4.78, 5) is 39.9. The molecule has 2 N–H and O–H groups in total. The third kappa shape index (κ3) is 2.54. The van der Waals surface area contributed by atoms with Crippen LogP contribution >= 0.6 is 0 Å². The molecule has 23 heavy (non-hydrogen) atoms. The van der Waals surface area contributed by atoms with E-state index < -0.39 is 17.2 Å². The van der Waals surface area contributed by atoms with Crippen LogP contribution in [0, 0.1) is 0 Å². The summed E-state index contributed by atoms with van der Waals surface area (Å²) in [6.07, 6.45) is 0. The zero-order valence-electron chi connectivity index (χ0n) is 12.3. The van der Waals surface area contributed by atoms with Gasteiger partial charge in [0.1, 0.15) is 11.5 Å². The SMILES string of the molecule is Cn1c2c(c(=O)n(Cc3ccccc3)c1=O)N=C(C(=O)O)CN2. The average molecular weight is 314 g/mol. The molecule has 0 fully saturated rings. The fourth-order valence-corrected chi connectivity index (χ4v) is 2.43. The third-order valence-corrected chi connectivity index (χ3v) is 3.63. The highest BCUT2D eigenvalue weighted by Gasteiger charge is 2.23. The molecule has 118 valence electrons. The summed E-state index contributed by atoms with van der Waals surface area (Å²) in [5, 5.41) is 11.8. The van der Waals surface area contributed by atoms with Crippen LogP contribution < -0.4 is 16.6 Å². The van der Waals surface area contributed by atoms with Gasteiger partial charge in [0, 0.05) is 7.05 Å². The molecule has 0 aliphatic carbocycles. The molecule has 1 aliphatic rings. The number of anilines is 1. The van der Waals surface area contributed by atoms with Crippen molar-refractivity contribution in [1.82, 2.24) is 9.13 Å². The molecule has 0 unspecified atom stereocenters. The zero-order valence-corrected chi connectivity index (χ0v) is 12.3. The van der Waals surface area contributed by atoms with Crippen LogP contribution in [0.5, 0.6) is 0 Å². The highest BCUT2D eigenvalue weighted by Crippen LogP contribution is 2.21. The van der Waals surface area contributed by atoms with E-state index in [2.05, 4.69) is 10.3 Å². The van der Waals surface area contributed by atoms with E-state index in [9.17, 15) is 14.4 Å². The number of aliphatic carboxylic acids is 1. The molecular weight excluding hydrogens is 300 g/mol. The van der Waals surface area contributed by atoms with Crippen molar-refractivity contribution in [1.29, 1.82) is 0 Å². The number of aromatic nitrogens is 2. The van der Waals surface area contributed by atoms with Gasteiger partial charge in [0.25, 0.3) is 5.56 Å². The smallest absolute Gasteiger partial charge is 0.352 e. The maximum Gasteiger partial charge on any atom is 0.352 e. The largest absolute Gasteiger partial charge is 0.477 e. The van der Waals surface area contributed by atoms with E-state index in [-0.39, 0.29) is 30.3 Å². The van der Waals surface area contributed by atoms with Crippen molar-refractivity contribution in [2.24, 2.45) is 12.0 Å². The Kier molecular flexibility index (Phi) is 3.57. The van der Waals surface area contributed by atoms with Crippen molar-refractivity contribution in [2.75, 3.05) is 11.9 Å². The van der Waals surface area contributed by atoms with Gasteiger partial charge in [-0.25, -0.2) is 14.6 Å². The van der Waals surface area contributed by atoms with Gasteiger partial charge < -0.3 is 10.4 Å². The normalized spacial score (nSPS) is 13.0. The predicted molar refractivity (Wildman–Crippen MR) is 84.7 cm³/mol. The topological polar surface area (TPSA) is 106 Å². The molecule has 2 aromatic rings. The van der Waals surface area contributed by atoms with Crippen molar-refractivity contribution < 1.29 is 9.90 Å². The minimum absolute atomic E-state index is 0.0439. The molecule has 0 saturated carbocycles. The summed E-state index contributed by atoms with van der Waals surface area (Å²) in [5.41, 5.74) is -0.541. The van der Waals surface area contributed by atoms with E-state index in [4.69, 9.17) is 5.11 Å². The lowest BCUT2D eigenvalue weighted by Crippen LogP contribution is -2.42. The Morgan fingerprint density at radius 1 is 1.30 bits per heavy atom. The number of nitrogens with zero attached hydrogens (tertiary/aromatic N) is 3. The number of benzene rings is 1. The van der Waals surface area contributed by atoms with Crippen LogP contribution in [0.25, 0.3) is 0 Å². The van der Waals surface area contributed by atoms with Crippen LogP contribution in [0.3, 0.4) is 0 Å². The standard InChI is InChI=1S/C15H14N4O4/c1-18-12-11(17-10(7-16-12)14(21)22)13(20)19(15(18)23)8-9-5-3-2-4-6-9/h2-6,16H,7-8H2,1H3,(H,21,22). The quantitative estimate of drug-likeness (QED) is 0.840. The number of aliphatic imine (C=N–C) groups is 1. The van der Waals surface area contributed by atoms with E-state index in [1.54, 1.807) is 12.1 Å². The summed E-state index contributed by atoms with van der Waals surface area (Å²) in [6, 6.07) is 9.06. The van der Waals surface area contributed by atoms with E-state index in [0.29, 0.717) is 0 Å². The molecule has 1 aliphatic heterocycles. The summed E-state index contributed by atoms with van der Waals surface area (Å²) in [7, 11) is 1.51. The van der Waals surface area contributed by atoms with E-state index in [1.165, 1.54) is 11.6 Å². The van der Waals surface area contributed by atoms with E-state index in [0.717, 1.165) is 10.1 Å². The fraction of sp³-hybridized carbons (Fsp3) is 0.200. The number of fused-ring (bicyclic) bond motifs is 1. The molecule has 8 heteroatoms. The zero-order chi connectivity index (χ0) is 16.6. The monoisotopic (exact) mass is 314 g/mol. The van der Waals surface area contributed by atoms with Gasteiger partial charge in [-0.15, -0.1) is 0 Å². The Morgan fingerprint density at radius 2 is 2.00 bits per heavy atom. The number of hydrogen-bond donors (Lipinski definition) is 2. The number of carbonyl (C=O) groups is 1. The molecule has 0 saturated heterocycles. The van der Waals surface area contributed by atoms with Crippen LogP contribution in [0.2, 0.25) is 0 Å². The number of hydrogen-bond acceptors (Lipinski definition) is 5. The van der Waals surface area contributed by atoms with Gasteiger partial charge in [-0.2, -0.15) is 0 Å². The van der Waals surface area contributed by atoms with Gasteiger partial charge in [-0.05, 0) is 5.56 Å². The Balaban J connectivity index is 2.19. The van der Waals surface area contributed by atoms with Gasteiger partial charge in [-0.3, -0.25) is 13.9 Å². The van der Waals surface area contributed by atoms with Crippen LogP contribution in [0.15, 0.2) is 44.9 Å². The molecular formula is C15H14N4O4. The summed E-state index contributed by atoms with van der Waals surface area (Å²) in [6.45, 7) is 0.0509. The molecule has 0 atom stereocenters. The molecule has 0 radical (unpaired) electrons. The van der Waals surface area contributed by atoms with Crippen LogP contribution in [0.1, 0.15) is 5.56 Å². The molecule has 0 bridgehead atoms. The first-order valence-corrected chi connectivity index (χ1v) is 6.91. The highest BCUT2D eigenvalue weighted by molar-refractivity contribution is 6.38. The molecule has 1 aromatic heterocycles. The second kappa shape index (κ2) is 5.56. The Labute approximate surface area is 130 Å². The summed E-state index contributed by atoms with van der Waals surface area (Å²) in [5.74, 6) is -0.972. The molecule has 0 spiro atoms. The number of carboxylic acid groups (broad SMARTS) is 1. The average Bonchev–Trinajstić information content (AvgIpc) is 2.57. The van der Waals surface area contributed by atoms with Gasteiger partial charge in [0.2, 0.25) is 0 Å². The number of nitrogens with one attached hydrogen (secondary N) is 1. The van der Waals surface area contributed by atoms with Crippen molar-refractivity contribution in [3.63, 3.8) is 0 Å². The summed E-state index contributed by atoms with van der Waals surface area (Å²) >= 11 is 0. The van der Waals surface area contributed by atoms with Gasteiger partial charge in [-0.1, -0.05) is 30.3 Å². The molecule has 3 rings (SSSR count). The number of rotatable bonds is 3. The first-order chi connectivity index (χ1) is 11.0. The fourth-order valence-electron chi connectivity index (χ4n) is 2.43. The van der Waals surface area contributed by atoms with E-state index in [1.807, 2.05) is 18.2 Å². The van der Waals surface area contributed by atoms with Crippen LogP contribution in [0.4, 0.5) is 11.5 Å². The first kappa shape index (κ1) is 14.8. The van der Waals surface area contributed by atoms with Crippen LogP contribution in [-0.2, 0) is 18.4 Å². The third-order valence-electron chi connectivity index (χ3n) is 3.63. The van der Waals surface area contributed by atoms with Crippen molar-refractivity contribution >= 4 is 23.2 Å². The molecule has 1 aromatic carbocycles. The second-order valence-corrected chi connectivity index (χ2v) is 5.13. The number of carboxylic acids is 1. The van der Waals surface area contributed by atoms with Crippen molar-refractivity contribution in [2.45, 2.75) is 6.54 Å². The lowest BCUT2D eigenvalue weighted by atomic mass is 10.2. The molecule has 0 amide bonds. The highest BCUT2D eigenvalue weighted by atomic mass is 16.4. The minimum atomic E-state index is -1.20. The Morgan fingerprint density at radius 3 is 2.65 bits per heavy atom. The Bertz CT molecular complexity index is 925. The van der Waals surface area contributed by atoms with Gasteiger partial charge >= 0.3 is 11.7 Å². The van der Waals surface area contributed by atoms with Gasteiger partial charge in [0.05, 0.1) is 13.1 Å². The van der Waals surface area contributed by atoms with Crippen molar-refractivity contribution in [3.05, 3.63) is 56.7 Å². The maximum absolute atomic E-state index is 12.6.